The fourth-order valence-corrected chi connectivity index (χ4v) is 1.59. The van der Waals surface area contributed by atoms with Crippen LogP contribution in [0.2, 0.25) is 0 Å². The molecule has 0 radical (unpaired) electrons. The van der Waals surface area contributed by atoms with E-state index in [1.807, 2.05) is 6.92 Å². The molecule has 0 unspecified atom stereocenters. The first-order valence-corrected chi connectivity index (χ1v) is 5.41. The second-order valence-electron chi connectivity index (χ2n) is 3.52. The Bertz CT molecular complexity index is 191. The maximum Gasteiger partial charge on any atom is 0.409 e. The van der Waals surface area contributed by atoms with Gasteiger partial charge in [0, 0.05) is 39.8 Å². The summed E-state index contributed by atoms with van der Waals surface area (Å²) < 4.78 is 9.95. The molecule has 1 amide bonds. The van der Waals surface area contributed by atoms with Gasteiger partial charge in [0.2, 0.25) is 0 Å². The maximum atomic E-state index is 11.4. The van der Waals surface area contributed by atoms with E-state index in [4.69, 9.17) is 9.47 Å². The standard InChI is InChI=1S/C10H20N2O3/c1-3-15-10(13)12-6-4-11(5-7-12)8-9-14-2/h3-9H2,1-2H3. The minimum atomic E-state index is -0.191. The van der Waals surface area contributed by atoms with E-state index in [0.717, 1.165) is 39.3 Å². The lowest BCUT2D eigenvalue weighted by Crippen LogP contribution is -2.49. The third-order valence-corrected chi connectivity index (χ3v) is 2.51. The molecule has 1 rings (SSSR count). The van der Waals surface area contributed by atoms with E-state index in [1.165, 1.54) is 0 Å². The van der Waals surface area contributed by atoms with Gasteiger partial charge in [-0.1, -0.05) is 0 Å². The van der Waals surface area contributed by atoms with Crippen molar-refractivity contribution in [3.63, 3.8) is 0 Å². The van der Waals surface area contributed by atoms with Crippen LogP contribution >= 0.6 is 0 Å². The van der Waals surface area contributed by atoms with Crippen molar-refractivity contribution in [2.75, 3.05) is 53.0 Å². The first kappa shape index (κ1) is 12.3. The van der Waals surface area contributed by atoms with Gasteiger partial charge < -0.3 is 14.4 Å². The monoisotopic (exact) mass is 216 g/mol. The van der Waals surface area contributed by atoms with Crippen LogP contribution < -0.4 is 0 Å². The van der Waals surface area contributed by atoms with Gasteiger partial charge in [0.25, 0.3) is 0 Å². The first-order chi connectivity index (χ1) is 7.27. The van der Waals surface area contributed by atoms with Crippen molar-refractivity contribution in [3.8, 4) is 0 Å². The SMILES string of the molecule is CCOC(=O)N1CCN(CCOC)CC1. The average molecular weight is 216 g/mol. The molecule has 0 aromatic carbocycles. The number of carbonyl (C=O) groups is 1. The second kappa shape index (κ2) is 6.63. The Balaban J connectivity index is 2.20. The normalized spacial score (nSPS) is 17.9. The quantitative estimate of drug-likeness (QED) is 0.682. The summed E-state index contributed by atoms with van der Waals surface area (Å²) in [6.07, 6.45) is -0.191. The van der Waals surface area contributed by atoms with Crippen LogP contribution in [0.5, 0.6) is 0 Å². The summed E-state index contributed by atoms with van der Waals surface area (Å²) >= 11 is 0. The van der Waals surface area contributed by atoms with Crippen LogP contribution in [-0.2, 0) is 9.47 Å². The van der Waals surface area contributed by atoms with Crippen LogP contribution in [0.1, 0.15) is 6.92 Å². The van der Waals surface area contributed by atoms with Crippen LogP contribution in [0.4, 0.5) is 4.79 Å². The molecule has 5 heteroatoms. The van der Waals surface area contributed by atoms with Crippen molar-refractivity contribution < 1.29 is 14.3 Å². The van der Waals surface area contributed by atoms with Crippen molar-refractivity contribution in [2.24, 2.45) is 0 Å². The van der Waals surface area contributed by atoms with Gasteiger partial charge in [-0.15, -0.1) is 0 Å². The minimum Gasteiger partial charge on any atom is -0.450 e. The average Bonchev–Trinajstić information content (AvgIpc) is 2.27. The number of carbonyl (C=O) groups excluding carboxylic acids is 1. The molecule has 1 aliphatic rings. The van der Waals surface area contributed by atoms with Crippen LogP contribution in [0, 0.1) is 0 Å². The van der Waals surface area contributed by atoms with Gasteiger partial charge in [-0.2, -0.15) is 0 Å². The number of amides is 1. The lowest BCUT2D eigenvalue weighted by atomic mass is 10.3. The highest BCUT2D eigenvalue weighted by Crippen LogP contribution is 2.03. The van der Waals surface area contributed by atoms with E-state index >= 15 is 0 Å². The molecular weight excluding hydrogens is 196 g/mol. The Labute approximate surface area is 90.9 Å². The molecule has 1 aliphatic heterocycles. The highest BCUT2D eigenvalue weighted by molar-refractivity contribution is 5.67. The van der Waals surface area contributed by atoms with Crippen molar-refractivity contribution in [1.82, 2.24) is 9.80 Å². The summed E-state index contributed by atoms with van der Waals surface area (Å²) in [5, 5.41) is 0. The number of ether oxygens (including phenoxy) is 2. The molecule has 0 aromatic heterocycles. The fraction of sp³-hybridized carbons (Fsp3) is 0.900. The van der Waals surface area contributed by atoms with E-state index in [-0.39, 0.29) is 6.09 Å². The molecule has 1 heterocycles. The van der Waals surface area contributed by atoms with E-state index in [9.17, 15) is 4.79 Å². The molecule has 0 bridgehead atoms. The number of nitrogens with zero attached hydrogens (tertiary/aromatic N) is 2. The Morgan fingerprint density at radius 1 is 1.27 bits per heavy atom. The van der Waals surface area contributed by atoms with Gasteiger partial charge >= 0.3 is 6.09 Å². The first-order valence-electron chi connectivity index (χ1n) is 5.41. The van der Waals surface area contributed by atoms with Gasteiger partial charge in [0.15, 0.2) is 0 Å². The highest BCUT2D eigenvalue weighted by atomic mass is 16.6. The number of hydrogen-bond donors (Lipinski definition) is 0. The van der Waals surface area contributed by atoms with Gasteiger partial charge in [-0.05, 0) is 6.92 Å². The summed E-state index contributed by atoms with van der Waals surface area (Å²) in [6.45, 7) is 7.28. The summed E-state index contributed by atoms with van der Waals surface area (Å²) in [5.41, 5.74) is 0. The molecule has 1 fully saturated rings. The van der Waals surface area contributed by atoms with E-state index in [2.05, 4.69) is 4.90 Å². The predicted octanol–water partition coefficient (Wildman–Crippen LogP) is 0.407. The lowest BCUT2D eigenvalue weighted by molar-refractivity contribution is 0.0699. The summed E-state index contributed by atoms with van der Waals surface area (Å²) in [7, 11) is 1.70. The van der Waals surface area contributed by atoms with E-state index < -0.39 is 0 Å². The minimum absolute atomic E-state index is 0.191. The summed E-state index contributed by atoms with van der Waals surface area (Å²) in [4.78, 5) is 15.4. The molecule has 0 aliphatic carbocycles. The smallest absolute Gasteiger partial charge is 0.409 e. The zero-order valence-electron chi connectivity index (χ0n) is 9.57. The Hall–Kier alpha value is -0.810. The number of methoxy groups -OCH3 is 1. The topological polar surface area (TPSA) is 42.0 Å². The molecular formula is C10H20N2O3. The van der Waals surface area contributed by atoms with Crippen molar-refractivity contribution >= 4 is 6.09 Å². The molecule has 15 heavy (non-hydrogen) atoms. The molecule has 0 saturated carbocycles. The van der Waals surface area contributed by atoms with Gasteiger partial charge in [0.05, 0.1) is 13.2 Å². The van der Waals surface area contributed by atoms with Crippen LogP contribution in [0.15, 0.2) is 0 Å². The van der Waals surface area contributed by atoms with Crippen LogP contribution in [0.25, 0.3) is 0 Å². The van der Waals surface area contributed by atoms with Crippen molar-refractivity contribution in [1.29, 1.82) is 0 Å². The van der Waals surface area contributed by atoms with Crippen molar-refractivity contribution in [3.05, 3.63) is 0 Å². The molecule has 0 spiro atoms. The summed E-state index contributed by atoms with van der Waals surface area (Å²) in [6, 6.07) is 0. The lowest BCUT2D eigenvalue weighted by Gasteiger charge is -2.33. The zero-order valence-corrected chi connectivity index (χ0v) is 9.57. The van der Waals surface area contributed by atoms with Crippen LogP contribution in [0.3, 0.4) is 0 Å². The molecule has 5 nitrogen and oxygen atoms in total. The molecule has 88 valence electrons. The molecule has 0 aromatic rings. The maximum absolute atomic E-state index is 11.4. The number of piperazine rings is 1. The highest BCUT2D eigenvalue weighted by Gasteiger charge is 2.21. The zero-order chi connectivity index (χ0) is 11.1. The van der Waals surface area contributed by atoms with Gasteiger partial charge in [-0.25, -0.2) is 4.79 Å². The summed E-state index contributed by atoms with van der Waals surface area (Å²) in [5.74, 6) is 0. The number of rotatable bonds is 4. The predicted molar refractivity (Wildman–Crippen MR) is 56.9 cm³/mol. The largest absolute Gasteiger partial charge is 0.450 e. The van der Waals surface area contributed by atoms with E-state index in [0.29, 0.717) is 6.61 Å². The van der Waals surface area contributed by atoms with Gasteiger partial charge in [-0.3, -0.25) is 4.90 Å². The Kier molecular flexibility index (Phi) is 5.42. The molecule has 0 atom stereocenters. The van der Waals surface area contributed by atoms with Gasteiger partial charge in [0.1, 0.15) is 0 Å². The Morgan fingerprint density at radius 2 is 1.93 bits per heavy atom. The fourth-order valence-electron chi connectivity index (χ4n) is 1.59. The third-order valence-electron chi connectivity index (χ3n) is 2.51. The third kappa shape index (κ3) is 4.05. The second-order valence-corrected chi connectivity index (χ2v) is 3.52. The molecule has 0 N–H and O–H groups in total. The Morgan fingerprint density at radius 3 is 2.47 bits per heavy atom. The van der Waals surface area contributed by atoms with Crippen LogP contribution in [-0.4, -0.2) is 68.9 Å². The number of hydrogen-bond acceptors (Lipinski definition) is 4. The molecule has 1 saturated heterocycles. The van der Waals surface area contributed by atoms with Crippen molar-refractivity contribution in [2.45, 2.75) is 6.92 Å². The van der Waals surface area contributed by atoms with E-state index in [1.54, 1.807) is 12.0 Å².